The van der Waals surface area contributed by atoms with Gasteiger partial charge in [-0.1, -0.05) is 6.42 Å². The molecule has 0 radical (unpaired) electrons. The highest BCUT2D eigenvalue weighted by atomic mass is 16.5. The summed E-state index contributed by atoms with van der Waals surface area (Å²) in [4.78, 5) is 0. The number of nitrogens with one attached hydrogen (secondary N) is 2. The van der Waals surface area contributed by atoms with Crippen LogP contribution in [0.2, 0.25) is 0 Å². The summed E-state index contributed by atoms with van der Waals surface area (Å²) in [6.07, 6.45) is 6.58. The molecular weight excluding hydrogens is 176 g/mol. The molecule has 2 heterocycles. The first-order chi connectivity index (χ1) is 6.95. The van der Waals surface area contributed by atoms with Crippen LogP contribution in [0, 0.1) is 0 Å². The number of hydrogen-bond donors (Lipinski definition) is 2. The van der Waals surface area contributed by atoms with Gasteiger partial charge in [-0.3, -0.25) is 0 Å². The van der Waals surface area contributed by atoms with Gasteiger partial charge in [0.2, 0.25) is 0 Å². The maximum absolute atomic E-state index is 5.44. The van der Waals surface area contributed by atoms with Gasteiger partial charge in [0.1, 0.15) is 0 Å². The highest BCUT2D eigenvalue weighted by molar-refractivity contribution is 4.78. The van der Waals surface area contributed by atoms with Crippen molar-refractivity contribution in [2.45, 2.75) is 44.2 Å². The second-order valence-corrected chi connectivity index (χ2v) is 4.47. The minimum Gasteiger partial charge on any atom is -0.380 e. The first kappa shape index (κ1) is 10.4. The standard InChI is InChI=1S/C11H22N2O/c1-2-6-12-10(4-1)8-13-11-5-3-7-14-9-11/h10-13H,1-9H2. The zero-order valence-electron chi connectivity index (χ0n) is 8.93. The minimum atomic E-state index is 0.604. The molecule has 2 rings (SSSR count). The monoisotopic (exact) mass is 198 g/mol. The van der Waals surface area contributed by atoms with Crippen LogP contribution in [0.25, 0.3) is 0 Å². The molecule has 14 heavy (non-hydrogen) atoms. The lowest BCUT2D eigenvalue weighted by Crippen LogP contribution is -2.46. The van der Waals surface area contributed by atoms with E-state index in [1.165, 1.54) is 38.6 Å². The molecule has 82 valence electrons. The predicted molar refractivity (Wildman–Crippen MR) is 57.5 cm³/mol. The fraction of sp³-hybridized carbons (Fsp3) is 1.00. The van der Waals surface area contributed by atoms with E-state index in [0.29, 0.717) is 12.1 Å². The van der Waals surface area contributed by atoms with Crippen molar-refractivity contribution in [3.63, 3.8) is 0 Å². The summed E-state index contributed by atoms with van der Waals surface area (Å²) in [5.41, 5.74) is 0. The average molecular weight is 198 g/mol. The van der Waals surface area contributed by atoms with E-state index in [2.05, 4.69) is 10.6 Å². The molecule has 0 aromatic rings. The Labute approximate surface area is 86.6 Å². The van der Waals surface area contributed by atoms with Crippen molar-refractivity contribution in [2.75, 3.05) is 26.3 Å². The summed E-state index contributed by atoms with van der Waals surface area (Å²) in [6, 6.07) is 1.30. The molecule has 2 atom stereocenters. The Kier molecular flexibility index (Phi) is 4.22. The third-order valence-electron chi connectivity index (χ3n) is 3.23. The van der Waals surface area contributed by atoms with E-state index in [4.69, 9.17) is 4.74 Å². The van der Waals surface area contributed by atoms with Gasteiger partial charge in [-0.15, -0.1) is 0 Å². The molecule has 0 spiro atoms. The molecule has 0 bridgehead atoms. The van der Waals surface area contributed by atoms with Crippen molar-refractivity contribution in [2.24, 2.45) is 0 Å². The Balaban J connectivity index is 1.60. The second kappa shape index (κ2) is 5.69. The lowest BCUT2D eigenvalue weighted by atomic mass is 10.0. The highest BCUT2D eigenvalue weighted by Gasteiger charge is 2.16. The normalized spacial score (nSPS) is 34.3. The number of hydrogen-bond acceptors (Lipinski definition) is 3. The molecule has 2 aliphatic heterocycles. The van der Waals surface area contributed by atoms with Crippen LogP contribution in [0.15, 0.2) is 0 Å². The van der Waals surface area contributed by atoms with E-state index >= 15 is 0 Å². The van der Waals surface area contributed by atoms with Crippen molar-refractivity contribution in [3.05, 3.63) is 0 Å². The van der Waals surface area contributed by atoms with Gasteiger partial charge in [-0.05, 0) is 32.2 Å². The van der Waals surface area contributed by atoms with Crippen LogP contribution in [0.4, 0.5) is 0 Å². The van der Waals surface area contributed by atoms with E-state index in [1.807, 2.05) is 0 Å². The summed E-state index contributed by atoms with van der Waals surface area (Å²) in [6.45, 7) is 4.19. The van der Waals surface area contributed by atoms with Crippen molar-refractivity contribution < 1.29 is 4.74 Å². The minimum absolute atomic E-state index is 0.604. The third kappa shape index (κ3) is 3.23. The van der Waals surface area contributed by atoms with Crippen LogP contribution in [0.5, 0.6) is 0 Å². The highest BCUT2D eigenvalue weighted by Crippen LogP contribution is 2.08. The Morgan fingerprint density at radius 2 is 2.21 bits per heavy atom. The molecule has 0 aromatic carbocycles. The van der Waals surface area contributed by atoms with Crippen LogP contribution in [-0.4, -0.2) is 38.4 Å². The van der Waals surface area contributed by atoms with Gasteiger partial charge in [-0.25, -0.2) is 0 Å². The van der Waals surface area contributed by atoms with E-state index in [9.17, 15) is 0 Å². The smallest absolute Gasteiger partial charge is 0.0619 e. The summed E-state index contributed by atoms with van der Waals surface area (Å²) in [7, 11) is 0. The van der Waals surface area contributed by atoms with E-state index in [-0.39, 0.29) is 0 Å². The lowest BCUT2D eigenvalue weighted by molar-refractivity contribution is 0.0693. The average Bonchev–Trinajstić information content (AvgIpc) is 2.29. The van der Waals surface area contributed by atoms with Gasteiger partial charge in [0, 0.05) is 25.2 Å². The molecule has 2 unspecified atom stereocenters. The number of ether oxygens (including phenoxy) is 1. The molecule has 2 aliphatic rings. The first-order valence-corrected chi connectivity index (χ1v) is 5.99. The molecule has 2 N–H and O–H groups in total. The predicted octanol–water partition coefficient (Wildman–Crippen LogP) is 0.897. The van der Waals surface area contributed by atoms with Gasteiger partial charge < -0.3 is 15.4 Å². The van der Waals surface area contributed by atoms with Crippen molar-refractivity contribution in [3.8, 4) is 0 Å². The van der Waals surface area contributed by atoms with Gasteiger partial charge in [0.05, 0.1) is 6.61 Å². The molecule has 3 nitrogen and oxygen atoms in total. The van der Waals surface area contributed by atoms with Crippen LogP contribution in [0.3, 0.4) is 0 Å². The number of rotatable bonds is 3. The summed E-state index contributed by atoms with van der Waals surface area (Å²) >= 11 is 0. The summed E-state index contributed by atoms with van der Waals surface area (Å²) < 4.78 is 5.44. The lowest BCUT2D eigenvalue weighted by Gasteiger charge is -2.28. The fourth-order valence-electron chi connectivity index (χ4n) is 2.31. The number of piperidine rings is 1. The molecule has 2 saturated heterocycles. The van der Waals surface area contributed by atoms with Gasteiger partial charge >= 0.3 is 0 Å². The zero-order chi connectivity index (χ0) is 9.64. The molecule has 0 aliphatic carbocycles. The Morgan fingerprint density at radius 1 is 1.21 bits per heavy atom. The van der Waals surface area contributed by atoms with E-state index < -0.39 is 0 Å². The largest absolute Gasteiger partial charge is 0.380 e. The topological polar surface area (TPSA) is 33.3 Å². The summed E-state index contributed by atoms with van der Waals surface area (Å²) in [5.74, 6) is 0. The fourth-order valence-corrected chi connectivity index (χ4v) is 2.31. The second-order valence-electron chi connectivity index (χ2n) is 4.47. The van der Waals surface area contributed by atoms with E-state index in [0.717, 1.165) is 19.8 Å². The van der Waals surface area contributed by atoms with Crippen molar-refractivity contribution >= 4 is 0 Å². The maximum Gasteiger partial charge on any atom is 0.0619 e. The molecule has 2 fully saturated rings. The quantitative estimate of drug-likeness (QED) is 0.707. The molecule has 3 heteroatoms. The van der Waals surface area contributed by atoms with Crippen molar-refractivity contribution in [1.82, 2.24) is 10.6 Å². The zero-order valence-corrected chi connectivity index (χ0v) is 8.93. The maximum atomic E-state index is 5.44. The van der Waals surface area contributed by atoms with Gasteiger partial charge in [0.25, 0.3) is 0 Å². The Hall–Kier alpha value is -0.120. The van der Waals surface area contributed by atoms with Crippen LogP contribution < -0.4 is 10.6 Å². The SMILES string of the molecule is C1CCC(CNC2CCCOC2)NC1. The summed E-state index contributed by atoms with van der Waals surface area (Å²) in [5, 5.41) is 7.16. The third-order valence-corrected chi connectivity index (χ3v) is 3.23. The van der Waals surface area contributed by atoms with E-state index in [1.54, 1.807) is 0 Å². The van der Waals surface area contributed by atoms with Crippen LogP contribution in [-0.2, 0) is 4.74 Å². The van der Waals surface area contributed by atoms with Crippen molar-refractivity contribution in [1.29, 1.82) is 0 Å². The first-order valence-electron chi connectivity index (χ1n) is 5.99. The Bertz CT molecular complexity index is 133. The molecule has 0 aromatic heterocycles. The molecule has 0 amide bonds. The van der Waals surface area contributed by atoms with Gasteiger partial charge in [0.15, 0.2) is 0 Å². The van der Waals surface area contributed by atoms with Crippen LogP contribution in [0.1, 0.15) is 32.1 Å². The van der Waals surface area contributed by atoms with Gasteiger partial charge in [-0.2, -0.15) is 0 Å². The Morgan fingerprint density at radius 3 is 2.93 bits per heavy atom. The van der Waals surface area contributed by atoms with Crippen LogP contribution >= 0.6 is 0 Å². The molecular formula is C11H22N2O. The molecule has 0 saturated carbocycles.